The van der Waals surface area contributed by atoms with E-state index in [1.54, 1.807) is 10.9 Å². The van der Waals surface area contributed by atoms with Crippen LogP contribution in [0.15, 0.2) is 30.7 Å². The molecular weight excluding hydrogens is 421 g/mol. The minimum absolute atomic E-state index is 0.0741. The van der Waals surface area contributed by atoms with Crippen molar-refractivity contribution in [2.24, 2.45) is 13.0 Å². The standard InChI is InChI=1S/C22H23Cl2N5O/c1-28-12-16(11-26-28)14-8-19(23)18(20(24)9-14)7-13-4-5-29(22(13)30)17-2-3-21-15(6-17)10-25-27-21/h8-13,17H,2-7H2,1H3,(H,25,27)/t13-,17?/m0/s1. The van der Waals surface area contributed by atoms with E-state index in [1.807, 2.05) is 31.6 Å². The molecule has 0 bridgehead atoms. The van der Waals surface area contributed by atoms with Gasteiger partial charge in [-0.3, -0.25) is 14.6 Å². The zero-order valence-corrected chi connectivity index (χ0v) is 18.2. The number of rotatable bonds is 4. The molecular formula is C22H23Cl2N5O. The lowest BCUT2D eigenvalue weighted by Crippen LogP contribution is -2.41. The molecule has 0 spiro atoms. The van der Waals surface area contributed by atoms with Crippen LogP contribution in [0, 0.1) is 5.92 Å². The van der Waals surface area contributed by atoms with Crippen LogP contribution in [0.4, 0.5) is 0 Å². The third-order valence-corrected chi connectivity index (χ3v) is 7.09. The maximum absolute atomic E-state index is 13.2. The van der Waals surface area contributed by atoms with Gasteiger partial charge in [0.2, 0.25) is 5.91 Å². The van der Waals surface area contributed by atoms with Crippen LogP contribution in [-0.2, 0) is 31.1 Å². The molecule has 1 aromatic carbocycles. The molecule has 1 N–H and O–H groups in total. The Hall–Kier alpha value is -2.31. The van der Waals surface area contributed by atoms with Crippen LogP contribution < -0.4 is 0 Å². The Morgan fingerprint density at radius 1 is 1.17 bits per heavy atom. The smallest absolute Gasteiger partial charge is 0.226 e. The monoisotopic (exact) mass is 443 g/mol. The fourth-order valence-electron chi connectivity index (χ4n) is 4.76. The van der Waals surface area contributed by atoms with E-state index in [2.05, 4.69) is 20.2 Å². The molecule has 3 heterocycles. The summed E-state index contributed by atoms with van der Waals surface area (Å²) in [7, 11) is 1.87. The van der Waals surface area contributed by atoms with Crippen molar-refractivity contribution >= 4 is 29.1 Å². The number of nitrogens with one attached hydrogen (secondary N) is 1. The van der Waals surface area contributed by atoms with Crippen molar-refractivity contribution < 1.29 is 4.79 Å². The number of carbonyl (C=O) groups excluding carboxylic acids is 1. The van der Waals surface area contributed by atoms with Crippen molar-refractivity contribution in [3.63, 3.8) is 0 Å². The predicted octanol–water partition coefficient (Wildman–Crippen LogP) is 4.07. The molecule has 0 saturated carbocycles. The van der Waals surface area contributed by atoms with Crippen molar-refractivity contribution in [3.8, 4) is 11.1 Å². The van der Waals surface area contributed by atoms with Crippen LogP contribution in [0.1, 0.15) is 29.7 Å². The van der Waals surface area contributed by atoms with E-state index in [1.165, 1.54) is 11.3 Å². The predicted molar refractivity (Wildman–Crippen MR) is 117 cm³/mol. The topological polar surface area (TPSA) is 66.8 Å². The Bertz CT molecular complexity index is 1080. The molecule has 156 valence electrons. The van der Waals surface area contributed by atoms with Gasteiger partial charge in [0.05, 0.1) is 12.4 Å². The average Bonchev–Trinajstić information content (AvgIpc) is 3.44. The zero-order valence-electron chi connectivity index (χ0n) is 16.7. The first-order valence-corrected chi connectivity index (χ1v) is 11.0. The van der Waals surface area contributed by atoms with Crippen LogP contribution in [0.5, 0.6) is 0 Å². The first-order chi connectivity index (χ1) is 14.5. The van der Waals surface area contributed by atoms with E-state index in [-0.39, 0.29) is 17.9 Å². The normalized spacial score (nSPS) is 21.3. The Labute approximate surface area is 185 Å². The molecule has 0 radical (unpaired) electrons. The van der Waals surface area contributed by atoms with Gasteiger partial charge in [0.15, 0.2) is 0 Å². The molecule has 30 heavy (non-hydrogen) atoms. The minimum atomic E-state index is -0.0741. The molecule has 1 aliphatic carbocycles. The zero-order chi connectivity index (χ0) is 20.8. The van der Waals surface area contributed by atoms with Gasteiger partial charge in [-0.15, -0.1) is 0 Å². The molecule has 1 amide bonds. The number of fused-ring (bicyclic) bond motifs is 1. The number of hydrogen-bond donors (Lipinski definition) is 1. The molecule has 1 unspecified atom stereocenters. The summed E-state index contributed by atoms with van der Waals surface area (Å²) in [5.41, 5.74) is 5.19. The maximum atomic E-state index is 13.2. The summed E-state index contributed by atoms with van der Waals surface area (Å²) in [5, 5.41) is 12.6. The lowest BCUT2D eigenvalue weighted by atomic mass is 9.92. The molecule has 3 aromatic rings. The Morgan fingerprint density at radius 2 is 1.97 bits per heavy atom. The van der Waals surface area contributed by atoms with Crippen molar-refractivity contribution in [2.75, 3.05) is 6.54 Å². The van der Waals surface area contributed by atoms with E-state index in [9.17, 15) is 4.79 Å². The summed E-state index contributed by atoms with van der Waals surface area (Å²) in [4.78, 5) is 15.2. The number of aromatic nitrogens is 4. The molecule has 6 nitrogen and oxygen atoms in total. The summed E-state index contributed by atoms with van der Waals surface area (Å²) in [5.74, 6) is 0.144. The third kappa shape index (κ3) is 3.52. The highest BCUT2D eigenvalue weighted by atomic mass is 35.5. The van der Waals surface area contributed by atoms with E-state index >= 15 is 0 Å². The quantitative estimate of drug-likeness (QED) is 0.660. The Morgan fingerprint density at radius 3 is 2.70 bits per heavy atom. The molecule has 2 atom stereocenters. The number of benzene rings is 1. The largest absolute Gasteiger partial charge is 0.339 e. The number of carbonyl (C=O) groups is 1. The highest BCUT2D eigenvalue weighted by Crippen LogP contribution is 2.36. The van der Waals surface area contributed by atoms with E-state index in [0.717, 1.165) is 48.9 Å². The SMILES string of the molecule is Cn1cc(-c2cc(Cl)c(C[C@@H]3CCN(C4CCc5[nH]ncc5C4)C3=O)c(Cl)c2)cn1. The van der Waals surface area contributed by atoms with E-state index < -0.39 is 0 Å². The average molecular weight is 444 g/mol. The van der Waals surface area contributed by atoms with Crippen molar-refractivity contribution in [2.45, 2.75) is 38.1 Å². The van der Waals surface area contributed by atoms with Gasteiger partial charge in [-0.25, -0.2) is 0 Å². The van der Waals surface area contributed by atoms with Gasteiger partial charge in [-0.2, -0.15) is 10.2 Å². The first-order valence-electron chi connectivity index (χ1n) is 10.3. The second-order valence-electron chi connectivity index (χ2n) is 8.31. The lowest BCUT2D eigenvalue weighted by Gasteiger charge is -2.31. The minimum Gasteiger partial charge on any atom is -0.339 e. The second kappa shape index (κ2) is 7.75. The van der Waals surface area contributed by atoms with Crippen LogP contribution in [-0.4, -0.2) is 43.4 Å². The molecule has 5 rings (SSSR count). The molecule has 2 aliphatic rings. The highest BCUT2D eigenvalue weighted by molar-refractivity contribution is 6.36. The van der Waals surface area contributed by atoms with Crippen LogP contribution in [0.25, 0.3) is 11.1 Å². The van der Waals surface area contributed by atoms with Crippen LogP contribution in [0.2, 0.25) is 10.0 Å². The van der Waals surface area contributed by atoms with Gasteiger partial charge in [0.1, 0.15) is 0 Å². The second-order valence-corrected chi connectivity index (χ2v) is 9.13. The molecule has 1 saturated heterocycles. The van der Waals surface area contributed by atoms with Gasteiger partial charge >= 0.3 is 0 Å². The fourth-order valence-corrected chi connectivity index (χ4v) is 5.40. The van der Waals surface area contributed by atoms with Crippen molar-refractivity contribution in [1.29, 1.82) is 0 Å². The summed E-state index contributed by atoms with van der Waals surface area (Å²) in [6.45, 7) is 0.796. The number of halogens is 2. The van der Waals surface area contributed by atoms with Crippen LogP contribution in [0.3, 0.4) is 0 Å². The number of nitrogens with zero attached hydrogens (tertiary/aromatic N) is 4. The summed E-state index contributed by atoms with van der Waals surface area (Å²) >= 11 is 13.2. The van der Waals surface area contributed by atoms with E-state index in [4.69, 9.17) is 23.2 Å². The number of aromatic amines is 1. The number of likely N-dealkylation sites (tertiary alicyclic amines) is 1. The molecule has 1 fully saturated rings. The van der Waals surface area contributed by atoms with Gasteiger partial charge in [0, 0.05) is 53.1 Å². The highest BCUT2D eigenvalue weighted by Gasteiger charge is 2.37. The van der Waals surface area contributed by atoms with Gasteiger partial charge in [0.25, 0.3) is 0 Å². The molecule has 2 aromatic heterocycles. The fraction of sp³-hybridized carbons (Fsp3) is 0.409. The van der Waals surface area contributed by atoms with Gasteiger partial charge < -0.3 is 4.90 Å². The summed E-state index contributed by atoms with van der Waals surface area (Å²) < 4.78 is 1.74. The first kappa shape index (κ1) is 19.6. The van der Waals surface area contributed by atoms with Gasteiger partial charge in [-0.1, -0.05) is 23.2 Å². The molecule has 1 aliphatic heterocycles. The maximum Gasteiger partial charge on any atom is 0.226 e. The number of H-pyrrole nitrogens is 1. The number of hydrogen-bond acceptors (Lipinski definition) is 3. The van der Waals surface area contributed by atoms with Crippen molar-refractivity contribution in [3.05, 3.63) is 57.6 Å². The Kier molecular flexibility index (Phi) is 5.07. The lowest BCUT2D eigenvalue weighted by molar-refractivity contribution is -0.133. The summed E-state index contributed by atoms with van der Waals surface area (Å²) in [6.07, 6.45) is 9.82. The number of aryl methyl sites for hydroxylation is 2. The summed E-state index contributed by atoms with van der Waals surface area (Å²) in [6, 6.07) is 4.09. The number of amides is 1. The van der Waals surface area contributed by atoms with Crippen LogP contribution >= 0.6 is 23.2 Å². The van der Waals surface area contributed by atoms with Gasteiger partial charge in [-0.05, 0) is 60.9 Å². The molecule has 8 heteroatoms. The Balaban J connectivity index is 1.31. The van der Waals surface area contributed by atoms with E-state index in [0.29, 0.717) is 16.5 Å². The third-order valence-electron chi connectivity index (χ3n) is 6.41. The van der Waals surface area contributed by atoms with Crippen molar-refractivity contribution in [1.82, 2.24) is 24.9 Å².